The first-order chi connectivity index (χ1) is 13.1. The highest BCUT2D eigenvalue weighted by molar-refractivity contribution is 6.30. The number of nitrogens with zero attached hydrogens (tertiary/aromatic N) is 5. The molecule has 2 aromatic heterocycles. The van der Waals surface area contributed by atoms with Crippen molar-refractivity contribution in [3.63, 3.8) is 0 Å². The minimum Gasteiger partial charge on any atom is -0.364 e. The first-order valence-electron chi connectivity index (χ1n) is 9.30. The Morgan fingerprint density at radius 2 is 1.89 bits per heavy atom. The van der Waals surface area contributed by atoms with Gasteiger partial charge in [-0.05, 0) is 31.5 Å². The molecule has 3 heterocycles. The molecule has 1 aliphatic heterocycles. The van der Waals surface area contributed by atoms with Crippen LogP contribution < -0.4 is 15.5 Å². The third-order valence-electron chi connectivity index (χ3n) is 4.74. The Bertz CT molecular complexity index is 914. The average Bonchev–Trinajstić information content (AvgIpc) is 3.12. The molecule has 1 saturated heterocycles. The van der Waals surface area contributed by atoms with E-state index in [1.807, 2.05) is 30.6 Å². The molecule has 0 amide bonds. The zero-order chi connectivity index (χ0) is 18.8. The highest BCUT2D eigenvalue weighted by atomic mass is 35.5. The largest absolute Gasteiger partial charge is 0.364 e. The number of hydrogen-bond acceptors (Lipinski definition) is 6. The molecule has 3 aromatic rings. The van der Waals surface area contributed by atoms with Crippen molar-refractivity contribution in [1.29, 1.82) is 0 Å². The summed E-state index contributed by atoms with van der Waals surface area (Å²) in [7, 11) is 0. The van der Waals surface area contributed by atoms with E-state index in [-0.39, 0.29) is 6.04 Å². The second-order valence-corrected chi connectivity index (χ2v) is 7.44. The average molecular weight is 386 g/mol. The molecule has 0 bridgehead atoms. The lowest BCUT2D eigenvalue weighted by Crippen LogP contribution is -2.44. The van der Waals surface area contributed by atoms with Crippen molar-refractivity contribution < 1.29 is 0 Å². The molecule has 2 N–H and O–H groups in total. The molecule has 0 spiro atoms. The van der Waals surface area contributed by atoms with Gasteiger partial charge in [-0.2, -0.15) is 9.97 Å². The number of rotatable bonds is 5. The fourth-order valence-electron chi connectivity index (χ4n) is 3.20. The molecule has 0 radical (unpaired) electrons. The summed E-state index contributed by atoms with van der Waals surface area (Å²) < 4.78 is 2.09. The molecule has 1 fully saturated rings. The van der Waals surface area contributed by atoms with Crippen LogP contribution in [0.2, 0.25) is 5.02 Å². The number of nitrogens with one attached hydrogen (secondary N) is 2. The summed E-state index contributed by atoms with van der Waals surface area (Å²) >= 11 is 5.98. The van der Waals surface area contributed by atoms with Gasteiger partial charge >= 0.3 is 0 Å². The van der Waals surface area contributed by atoms with Gasteiger partial charge in [0.2, 0.25) is 5.95 Å². The molecular formula is C19H24ClN7. The van der Waals surface area contributed by atoms with Gasteiger partial charge in [-0.1, -0.05) is 23.7 Å². The Morgan fingerprint density at radius 3 is 2.59 bits per heavy atom. The Balaban J connectivity index is 1.69. The molecule has 27 heavy (non-hydrogen) atoms. The maximum absolute atomic E-state index is 5.98. The number of halogens is 1. The van der Waals surface area contributed by atoms with Crippen LogP contribution in [-0.4, -0.2) is 45.7 Å². The Labute approximate surface area is 163 Å². The highest BCUT2D eigenvalue weighted by Crippen LogP contribution is 2.25. The van der Waals surface area contributed by atoms with Gasteiger partial charge in [0, 0.05) is 43.8 Å². The van der Waals surface area contributed by atoms with Crippen molar-refractivity contribution in [2.24, 2.45) is 0 Å². The van der Waals surface area contributed by atoms with Crippen LogP contribution in [0.15, 0.2) is 30.6 Å². The summed E-state index contributed by atoms with van der Waals surface area (Å²) in [5.41, 5.74) is 2.81. The zero-order valence-corrected chi connectivity index (χ0v) is 16.4. The van der Waals surface area contributed by atoms with E-state index in [0.29, 0.717) is 6.54 Å². The molecule has 0 saturated carbocycles. The third-order valence-corrected chi connectivity index (χ3v) is 4.99. The van der Waals surface area contributed by atoms with Crippen LogP contribution >= 0.6 is 11.6 Å². The van der Waals surface area contributed by atoms with Crippen molar-refractivity contribution in [2.75, 3.05) is 36.4 Å². The predicted molar refractivity (Wildman–Crippen MR) is 110 cm³/mol. The molecule has 0 atom stereocenters. The number of aromatic nitrogens is 4. The fourth-order valence-corrected chi connectivity index (χ4v) is 3.33. The first kappa shape index (κ1) is 18.0. The van der Waals surface area contributed by atoms with Crippen molar-refractivity contribution in [3.8, 4) is 0 Å². The third kappa shape index (κ3) is 3.84. The number of benzene rings is 1. The summed E-state index contributed by atoms with van der Waals surface area (Å²) in [6.07, 6.45) is 1.85. The normalized spacial score (nSPS) is 14.9. The highest BCUT2D eigenvalue weighted by Gasteiger charge is 2.19. The van der Waals surface area contributed by atoms with Crippen LogP contribution in [0, 0.1) is 0 Å². The summed E-state index contributed by atoms with van der Waals surface area (Å²) in [5, 5.41) is 7.55. The lowest BCUT2D eigenvalue weighted by molar-refractivity contribution is 0.578. The molecule has 1 aliphatic rings. The van der Waals surface area contributed by atoms with E-state index in [2.05, 4.69) is 38.9 Å². The smallest absolute Gasteiger partial charge is 0.229 e. The first-order valence-corrected chi connectivity index (χ1v) is 9.68. The van der Waals surface area contributed by atoms with Crippen LogP contribution in [-0.2, 0) is 6.54 Å². The maximum atomic E-state index is 5.98. The maximum Gasteiger partial charge on any atom is 0.229 e. The van der Waals surface area contributed by atoms with Gasteiger partial charge in [0.1, 0.15) is 0 Å². The topological polar surface area (TPSA) is 70.9 Å². The lowest BCUT2D eigenvalue weighted by atomic mass is 10.2. The quantitative estimate of drug-likeness (QED) is 0.703. The summed E-state index contributed by atoms with van der Waals surface area (Å²) in [5.74, 6) is 1.52. The van der Waals surface area contributed by atoms with Crippen LogP contribution in [0.1, 0.15) is 25.5 Å². The van der Waals surface area contributed by atoms with E-state index in [9.17, 15) is 0 Å². The number of imidazole rings is 1. The van der Waals surface area contributed by atoms with E-state index in [0.717, 1.165) is 59.7 Å². The van der Waals surface area contributed by atoms with Gasteiger partial charge in [-0.15, -0.1) is 0 Å². The Hall–Kier alpha value is -2.38. The Kier molecular flexibility index (Phi) is 5.13. The van der Waals surface area contributed by atoms with E-state index in [4.69, 9.17) is 21.6 Å². The standard InChI is InChI=1S/C19H24ClN7/c1-13(2)27-12-23-16-17(22-11-14-3-5-15(20)6-4-14)24-19(25-18(16)27)26-9-7-21-8-10-26/h3-6,12-13,21H,7-11H2,1-2H3,(H,22,24,25). The molecule has 8 heteroatoms. The predicted octanol–water partition coefficient (Wildman–Crippen LogP) is 3.08. The summed E-state index contributed by atoms with van der Waals surface area (Å²) in [6.45, 7) is 8.61. The van der Waals surface area contributed by atoms with Crippen molar-refractivity contribution in [2.45, 2.75) is 26.4 Å². The molecule has 4 rings (SSSR count). The number of hydrogen-bond donors (Lipinski definition) is 2. The van der Waals surface area contributed by atoms with Gasteiger partial charge in [0.15, 0.2) is 17.0 Å². The lowest BCUT2D eigenvalue weighted by Gasteiger charge is -2.27. The van der Waals surface area contributed by atoms with Crippen LogP contribution in [0.4, 0.5) is 11.8 Å². The van der Waals surface area contributed by atoms with Crippen LogP contribution in [0.25, 0.3) is 11.2 Å². The Morgan fingerprint density at radius 1 is 1.15 bits per heavy atom. The van der Waals surface area contributed by atoms with Gasteiger partial charge in [-0.25, -0.2) is 4.98 Å². The van der Waals surface area contributed by atoms with Gasteiger partial charge in [-0.3, -0.25) is 0 Å². The fraction of sp³-hybridized carbons (Fsp3) is 0.421. The zero-order valence-electron chi connectivity index (χ0n) is 15.6. The number of anilines is 2. The minimum absolute atomic E-state index is 0.282. The van der Waals surface area contributed by atoms with Gasteiger partial charge in [0.25, 0.3) is 0 Å². The van der Waals surface area contributed by atoms with Crippen molar-refractivity contribution in [1.82, 2.24) is 24.8 Å². The van der Waals surface area contributed by atoms with Gasteiger partial charge in [0.05, 0.1) is 6.33 Å². The van der Waals surface area contributed by atoms with E-state index in [1.165, 1.54) is 0 Å². The number of fused-ring (bicyclic) bond motifs is 1. The van der Waals surface area contributed by atoms with Crippen LogP contribution in [0.3, 0.4) is 0 Å². The monoisotopic (exact) mass is 385 g/mol. The second-order valence-electron chi connectivity index (χ2n) is 7.01. The molecular weight excluding hydrogens is 362 g/mol. The molecule has 0 unspecified atom stereocenters. The molecule has 142 valence electrons. The summed E-state index contributed by atoms with van der Waals surface area (Å²) in [4.78, 5) is 16.4. The van der Waals surface area contributed by atoms with Gasteiger partial charge < -0.3 is 20.1 Å². The van der Waals surface area contributed by atoms with Crippen LogP contribution in [0.5, 0.6) is 0 Å². The second kappa shape index (κ2) is 7.70. The minimum atomic E-state index is 0.282. The molecule has 7 nitrogen and oxygen atoms in total. The molecule has 0 aliphatic carbocycles. The van der Waals surface area contributed by atoms with Crippen molar-refractivity contribution in [3.05, 3.63) is 41.2 Å². The number of piperazine rings is 1. The molecule has 1 aromatic carbocycles. The van der Waals surface area contributed by atoms with E-state index < -0.39 is 0 Å². The SMILES string of the molecule is CC(C)n1cnc2c(NCc3ccc(Cl)cc3)nc(N3CCNCC3)nc21. The van der Waals surface area contributed by atoms with E-state index >= 15 is 0 Å². The summed E-state index contributed by atoms with van der Waals surface area (Å²) in [6, 6.07) is 8.10. The van der Waals surface area contributed by atoms with Crippen molar-refractivity contribution >= 4 is 34.5 Å². The van der Waals surface area contributed by atoms with E-state index in [1.54, 1.807) is 0 Å².